The fourth-order valence-electron chi connectivity index (χ4n) is 8.14. The Morgan fingerprint density at radius 1 is 0.420 bits per heavy atom. The Balaban J connectivity index is 0.000000941. The first-order chi connectivity index (χ1) is 47.8. The minimum atomic E-state index is -4.36. The van der Waals surface area contributed by atoms with Crippen molar-refractivity contribution in [2.24, 2.45) is 5.92 Å². The summed E-state index contributed by atoms with van der Waals surface area (Å²) in [6.45, 7) is 24.6. The van der Waals surface area contributed by atoms with Gasteiger partial charge in [-0.3, -0.25) is 0 Å². The summed E-state index contributed by atoms with van der Waals surface area (Å²) < 4.78 is 125. The summed E-state index contributed by atoms with van der Waals surface area (Å²) in [7, 11) is 8.16. The number of hydrogen-bond donors (Lipinski definition) is 0. The first-order valence-corrected chi connectivity index (χ1v) is 36.6. The second kappa shape index (κ2) is 58.0. The molecule has 0 aliphatic heterocycles. The first-order valence-electron chi connectivity index (χ1n) is 33.9. The van der Waals surface area contributed by atoms with Gasteiger partial charge < -0.3 is 85.2 Å². The van der Waals surface area contributed by atoms with Crippen molar-refractivity contribution in [1.82, 2.24) is 4.90 Å². The summed E-state index contributed by atoms with van der Waals surface area (Å²) in [6, 6.07) is 15.0. The molecule has 100 heavy (non-hydrogen) atoms. The molecule has 0 fully saturated rings. The van der Waals surface area contributed by atoms with E-state index in [9.17, 15) is 13.0 Å². The van der Waals surface area contributed by atoms with Gasteiger partial charge in [0, 0.05) is 75.3 Å². The number of nitrogens with zero attached hydrogens (tertiary/aromatic N) is 1. The summed E-state index contributed by atoms with van der Waals surface area (Å²) in [5, 5.41) is 0.873. The number of rotatable bonds is 46. The molecule has 0 aliphatic rings. The van der Waals surface area contributed by atoms with Gasteiger partial charge in [-0.05, 0) is 96.4 Å². The Morgan fingerprint density at radius 3 is 1.07 bits per heavy atom. The molecule has 0 aromatic heterocycles. The van der Waals surface area contributed by atoms with E-state index in [2.05, 4.69) is 91.0 Å². The fourth-order valence-corrected chi connectivity index (χ4v) is 8.84. The number of unbranched alkanes of at least 4 members (excludes halogenated alkanes) is 2. The van der Waals surface area contributed by atoms with E-state index in [1.807, 2.05) is 83.2 Å². The largest absolute Gasteiger partial charge is 1.00 e. The van der Waals surface area contributed by atoms with E-state index in [4.69, 9.17) is 75.8 Å². The predicted molar refractivity (Wildman–Crippen MR) is 393 cm³/mol. The molecule has 0 amide bonds. The molecule has 0 unspecified atom stereocenters. The second-order valence-electron chi connectivity index (χ2n) is 23.1. The van der Waals surface area contributed by atoms with Gasteiger partial charge in [0.15, 0.2) is 0 Å². The fraction of sp³-hybridized carbons (Fsp3) is 0.584. The maximum atomic E-state index is 11.2. The van der Waals surface area contributed by atoms with Crippen molar-refractivity contribution in [1.29, 1.82) is 0 Å². The topological polar surface area (TPSA) is 208 Å². The summed E-state index contributed by atoms with van der Waals surface area (Å²) in [6.07, 6.45) is 4.81. The van der Waals surface area contributed by atoms with E-state index in [1.165, 1.54) is 0 Å². The van der Waals surface area contributed by atoms with E-state index in [1.54, 1.807) is 47.5 Å². The van der Waals surface area contributed by atoms with Crippen LogP contribution in [-0.4, -0.2) is 211 Å². The summed E-state index contributed by atoms with van der Waals surface area (Å²) in [5.74, 6) is 30.3. The zero-order valence-corrected chi connectivity index (χ0v) is 67.0. The summed E-state index contributed by atoms with van der Waals surface area (Å²) in [4.78, 5) is 2.00. The second-order valence-corrected chi connectivity index (χ2v) is 25.4. The van der Waals surface area contributed by atoms with Crippen LogP contribution in [-0.2, 0) is 48.0 Å². The molecule has 0 radical (unpaired) electrons. The van der Waals surface area contributed by atoms with Crippen molar-refractivity contribution < 1.29 is 118 Å². The Bertz CT molecular complexity index is 3260. The molecule has 0 atom stereocenters. The third-order valence-corrected chi connectivity index (χ3v) is 14.5. The first kappa shape index (κ1) is 92.6. The summed E-state index contributed by atoms with van der Waals surface area (Å²) >= 11 is 3.47. The molecule has 0 heterocycles. The quantitative estimate of drug-likeness (QED) is 0.0133. The minimum absolute atomic E-state index is 0. The molecule has 0 spiro atoms. The van der Waals surface area contributed by atoms with E-state index < -0.39 is 15.9 Å². The molecule has 0 bridgehead atoms. The van der Waals surface area contributed by atoms with Gasteiger partial charge in [-0.25, -0.2) is 8.42 Å². The number of ether oxygens (including phenoxy) is 16. The van der Waals surface area contributed by atoms with Gasteiger partial charge in [-0.15, -0.1) is 5.92 Å². The van der Waals surface area contributed by atoms with Crippen molar-refractivity contribution in [2.75, 3.05) is 193 Å². The molecular formula is C77H111BrNNaO19S. The van der Waals surface area contributed by atoms with Crippen molar-refractivity contribution in [3.63, 3.8) is 0 Å². The van der Waals surface area contributed by atoms with E-state index in [0.29, 0.717) is 175 Å². The van der Waals surface area contributed by atoms with Crippen LogP contribution >= 0.6 is 15.9 Å². The Kier molecular flexibility index (Phi) is 53.7. The number of benzene rings is 4. The molecular weight excluding hydrogens is 1380 g/mol. The molecule has 0 saturated heterocycles. The zero-order valence-electron chi connectivity index (χ0n) is 62.6. The monoisotopic (exact) mass is 1490 g/mol. The SMILES string of the molecule is CC#Cc1cc(OCCOCCOC)c(C#Cc2cc(OCCCC)c(C(C)C)cc2OCCCS(=O)(=O)[O-])cc1OCCOCCOC.CCCCOc1cc(C)c(OCCCBr)cc1C#Cc1cc(OCCOCCOC)c(C#CC(C)C)cc1OCCOCCOC.CN(C)C.[Na+]. The maximum absolute atomic E-state index is 11.2. The van der Waals surface area contributed by atoms with Gasteiger partial charge in [0.05, 0.1) is 149 Å². The van der Waals surface area contributed by atoms with Crippen LogP contribution in [0.2, 0.25) is 0 Å². The van der Waals surface area contributed by atoms with E-state index in [-0.39, 0.29) is 67.6 Å². The van der Waals surface area contributed by atoms with Gasteiger partial charge in [0.1, 0.15) is 72.4 Å². The van der Waals surface area contributed by atoms with Crippen LogP contribution in [0.25, 0.3) is 0 Å². The molecule has 4 aromatic carbocycles. The predicted octanol–water partition coefficient (Wildman–Crippen LogP) is 9.17. The number of halogens is 1. The van der Waals surface area contributed by atoms with Crippen molar-refractivity contribution in [3.8, 4) is 93.4 Å². The van der Waals surface area contributed by atoms with Crippen LogP contribution in [0.5, 0.6) is 46.0 Å². The standard InChI is InChI=1S/C37H51BrO8.C37H52O11S.C3H9N.Na/c1-7-8-15-44-35-25-30(4)34(43-16-9-14-38)26-32(35)12-13-33-28-36(45-23-21-41-19-17-39-5)31(11-10-29(2)3)27-37(33)46-24-22-42-20-18-40-6;1-7-9-14-46-37-27-32(36(28-33(37)29(3)4)45-15-10-24-49(38,39)40)13-12-31-26-34(47-22-20-43-18-16-41-5)30(11-8-2)25-35(31)48-23-21-44-19-17-42-6;1-4(2)3;/h25-29H,7-9,14-24H2,1-6H3;25-29H,7,9-10,14-24H2,1-6H3,(H,38,39,40);1-3H3;/q;;;+1/p-1. The van der Waals surface area contributed by atoms with Gasteiger partial charge >= 0.3 is 29.6 Å². The molecule has 20 nitrogen and oxygen atoms in total. The van der Waals surface area contributed by atoms with Gasteiger partial charge in [0.25, 0.3) is 0 Å². The van der Waals surface area contributed by atoms with Crippen molar-refractivity contribution >= 4 is 26.0 Å². The maximum Gasteiger partial charge on any atom is 1.00 e. The van der Waals surface area contributed by atoms with Crippen molar-refractivity contribution in [2.45, 2.75) is 99.8 Å². The number of alkyl halides is 1. The number of methoxy groups -OCH3 is 4. The van der Waals surface area contributed by atoms with E-state index >= 15 is 0 Å². The van der Waals surface area contributed by atoms with Gasteiger partial charge in [-0.1, -0.05) is 112 Å². The van der Waals surface area contributed by atoms with Crippen LogP contribution in [0, 0.1) is 60.2 Å². The number of hydrogen-bond acceptors (Lipinski definition) is 20. The van der Waals surface area contributed by atoms with Crippen LogP contribution < -0.4 is 67.5 Å². The Hall–Kier alpha value is -5.45. The molecule has 23 heteroatoms. The van der Waals surface area contributed by atoms with Crippen LogP contribution in [0.1, 0.15) is 137 Å². The average Bonchev–Trinajstić information content (AvgIpc) is 0.826. The normalized spacial score (nSPS) is 10.6. The molecule has 4 rings (SSSR count). The van der Waals surface area contributed by atoms with Crippen LogP contribution in [0.15, 0.2) is 48.5 Å². The third kappa shape index (κ3) is 42.2. The van der Waals surface area contributed by atoms with Crippen molar-refractivity contribution in [3.05, 3.63) is 93.0 Å². The molecule has 0 saturated carbocycles. The van der Waals surface area contributed by atoms with E-state index in [0.717, 1.165) is 65.6 Å². The van der Waals surface area contributed by atoms with Gasteiger partial charge in [0.2, 0.25) is 0 Å². The summed E-state index contributed by atoms with van der Waals surface area (Å²) in [5.41, 5.74) is 5.74. The Labute approximate surface area is 629 Å². The molecule has 552 valence electrons. The molecule has 0 N–H and O–H groups in total. The number of aryl methyl sites for hydroxylation is 1. The average molecular weight is 1490 g/mol. The Morgan fingerprint density at radius 2 is 0.720 bits per heavy atom. The van der Waals surface area contributed by atoms with Crippen LogP contribution in [0.3, 0.4) is 0 Å². The third-order valence-electron chi connectivity index (χ3n) is 13.1. The molecule has 0 aliphatic carbocycles. The van der Waals surface area contributed by atoms with Gasteiger partial charge in [-0.2, -0.15) is 0 Å². The zero-order chi connectivity index (χ0) is 72.9. The minimum Gasteiger partial charge on any atom is -0.748 e. The smallest absolute Gasteiger partial charge is 0.748 e. The molecule has 4 aromatic rings. The van der Waals surface area contributed by atoms with Crippen LogP contribution in [0.4, 0.5) is 0 Å².